The Morgan fingerprint density at radius 3 is 1.53 bits per heavy atom. The maximum atomic E-state index is 13.6. The van der Waals surface area contributed by atoms with E-state index in [0.29, 0.717) is 0 Å². The average Bonchev–Trinajstić information content (AvgIpc) is 3.03. The summed E-state index contributed by atoms with van der Waals surface area (Å²) in [4.78, 5) is 63.7. The van der Waals surface area contributed by atoms with E-state index >= 15 is 0 Å². The molecule has 0 unspecified atom stereocenters. The maximum absolute atomic E-state index is 13.6. The fourth-order valence-electron chi connectivity index (χ4n) is 7.79. The number of aliphatic hydroxyl groups is 3. The fourth-order valence-corrected chi connectivity index (χ4v) is 7.79. The Balaban J connectivity index is 1.65. The standard InChI is InChI=1S/C36H36O15/c1-14-10-23(43)27-29(45)25-21(41)8-6-19(31(25)50-35(27,12-37)33(14)48-17(4)39)20-7-9-22(42)26-30(46)28-24(44)11-15(2)34(49-18(5)40)36(28,51-32(20)26)13-47-16(3)38/h6-9,14-15,33-34,37,41-42,45-46H,10-13H2,1-5H3/t14-,15-,33-,34-,35+,36+/m1/s1. The van der Waals surface area contributed by atoms with Crippen LogP contribution in [0, 0.1) is 11.8 Å². The van der Waals surface area contributed by atoms with Gasteiger partial charge in [0.15, 0.2) is 23.8 Å². The van der Waals surface area contributed by atoms with E-state index in [2.05, 4.69) is 0 Å². The second-order valence-corrected chi connectivity index (χ2v) is 13.3. The Kier molecular flexibility index (Phi) is 8.53. The molecule has 2 aromatic rings. The molecule has 2 saturated carbocycles. The Bertz CT molecular complexity index is 1970. The molecule has 4 aliphatic rings. The Morgan fingerprint density at radius 1 is 0.706 bits per heavy atom. The topological polar surface area (TPSA) is 233 Å². The summed E-state index contributed by atoms with van der Waals surface area (Å²) >= 11 is 0. The number of phenolic OH excluding ortho intramolecular Hbond substituents is 2. The summed E-state index contributed by atoms with van der Waals surface area (Å²) in [6, 6.07) is 5.00. The molecule has 5 N–H and O–H groups in total. The first-order chi connectivity index (χ1) is 24.0. The number of fused-ring (bicyclic) bond motifs is 4. The summed E-state index contributed by atoms with van der Waals surface area (Å²) in [7, 11) is 0. The zero-order valence-corrected chi connectivity index (χ0v) is 28.3. The average molecular weight is 709 g/mol. The third-order valence-electron chi connectivity index (χ3n) is 9.76. The number of aliphatic hydroxyl groups excluding tert-OH is 3. The van der Waals surface area contributed by atoms with E-state index in [1.54, 1.807) is 13.8 Å². The van der Waals surface area contributed by atoms with Crippen LogP contribution in [0.25, 0.3) is 22.6 Å². The van der Waals surface area contributed by atoms with E-state index < -0.39 is 112 Å². The maximum Gasteiger partial charge on any atom is 0.303 e. The summed E-state index contributed by atoms with van der Waals surface area (Å²) in [5.41, 5.74) is -5.80. The van der Waals surface area contributed by atoms with Crippen molar-refractivity contribution in [3.05, 3.63) is 46.5 Å². The smallest absolute Gasteiger partial charge is 0.303 e. The minimum Gasteiger partial charge on any atom is -0.507 e. The van der Waals surface area contributed by atoms with Crippen LogP contribution in [-0.4, -0.2) is 91.6 Å². The normalized spacial score (nSPS) is 28.0. The number of Topliss-reactive ketones (excluding diaryl/α,β-unsaturated/α-hetero) is 2. The number of hydrogen-bond acceptors (Lipinski definition) is 15. The van der Waals surface area contributed by atoms with E-state index in [4.69, 9.17) is 23.7 Å². The molecule has 270 valence electrons. The zero-order valence-electron chi connectivity index (χ0n) is 28.3. The third kappa shape index (κ3) is 5.25. The van der Waals surface area contributed by atoms with Crippen molar-refractivity contribution >= 4 is 41.0 Å². The molecular weight excluding hydrogens is 672 g/mol. The van der Waals surface area contributed by atoms with Gasteiger partial charge in [-0.25, -0.2) is 0 Å². The van der Waals surface area contributed by atoms with Crippen molar-refractivity contribution in [2.75, 3.05) is 13.2 Å². The molecule has 15 nitrogen and oxygen atoms in total. The van der Waals surface area contributed by atoms with Crippen molar-refractivity contribution in [1.29, 1.82) is 0 Å². The van der Waals surface area contributed by atoms with Gasteiger partial charge in [-0.2, -0.15) is 0 Å². The first-order valence-corrected chi connectivity index (χ1v) is 16.1. The van der Waals surface area contributed by atoms with Gasteiger partial charge in [-0.1, -0.05) is 13.8 Å². The lowest BCUT2D eigenvalue weighted by atomic mass is 9.69. The molecule has 0 bridgehead atoms. The van der Waals surface area contributed by atoms with Crippen LogP contribution in [0.15, 0.2) is 35.4 Å². The molecule has 0 radical (unpaired) electrons. The summed E-state index contributed by atoms with van der Waals surface area (Å²) in [6.45, 7) is 4.91. The van der Waals surface area contributed by atoms with Crippen LogP contribution in [0.5, 0.6) is 23.0 Å². The van der Waals surface area contributed by atoms with Crippen molar-refractivity contribution in [3.8, 4) is 34.1 Å². The van der Waals surface area contributed by atoms with Crippen LogP contribution in [-0.2, 0) is 38.2 Å². The van der Waals surface area contributed by atoms with Gasteiger partial charge in [0, 0.05) is 56.6 Å². The van der Waals surface area contributed by atoms with Crippen molar-refractivity contribution in [3.63, 3.8) is 0 Å². The molecule has 6 atom stereocenters. The molecule has 2 aromatic carbocycles. The number of carbonyl (C=O) groups excluding carboxylic acids is 5. The highest BCUT2D eigenvalue weighted by molar-refractivity contribution is 6.09. The van der Waals surface area contributed by atoms with Crippen LogP contribution in [0.2, 0.25) is 0 Å². The number of hydrogen-bond donors (Lipinski definition) is 5. The molecule has 15 heteroatoms. The number of ether oxygens (including phenoxy) is 5. The van der Waals surface area contributed by atoms with Gasteiger partial charge in [0.05, 0.1) is 17.8 Å². The Hall–Kier alpha value is -5.57. The number of ketones is 2. The molecular formula is C36H36O15. The van der Waals surface area contributed by atoms with E-state index in [1.165, 1.54) is 24.3 Å². The Morgan fingerprint density at radius 2 is 1.12 bits per heavy atom. The predicted molar refractivity (Wildman–Crippen MR) is 173 cm³/mol. The Labute approximate surface area is 290 Å². The molecule has 2 aliphatic heterocycles. The predicted octanol–water partition coefficient (Wildman–Crippen LogP) is 3.20. The van der Waals surface area contributed by atoms with Gasteiger partial charge < -0.3 is 49.2 Å². The van der Waals surface area contributed by atoms with Gasteiger partial charge >= 0.3 is 17.9 Å². The number of carbonyl (C=O) groups is 5. The van der Waals surface area contributed by atoms with Crippen molar-refractivity contribution in [1.82, 2.24) is 0 Å². The molecule has 0 saturated heterocycles. The fraction of sp³-hybridized carbons (Fsp3) is 0.417. The molecule has 2 fully saturated rings. The van der Waals surface area contributed by atoms with Crippen LogP contribution >= 0.6 is 0 Å². The van der Waals surface area contributed by atoms with E-state index in [1.807, 2.05) is 0 Å². The lowest BCUT2D eigenvalue weighted by Gasteiger charge is -2.49. The summed E-state index contributed by atoms with van der Waals surface area (Å²) in [6.07, 6.45) is -2.97. The minimum absolute atomic E-state index is 0.00246. The van der Waals surface area contributed by atoms with Gasteiger partial charge in [-0.3, -0.25) is 24.0 Å². The molecule has 51 heavy (non-hydrogen) atoms. The number of rotatable bonds is 6. The molecule has 0 spiro atoms. The lowest BCUT2D eigenvalue weighted by Crippen LogP contribution is -2.63. The molecule has 2 aliphatic carbocycles. The van der Waals surface area contributed by atoms with E-state index in [0.717, 1.165) is 20.8 Å². The van der Waals surface area contributed by atoms with Crippen molar-refractivity contribution in [2.24, 2.45) is 11.8 Å². The molecule has 0 amide bonds. The minimum atomic E-state index is -2.14. The number of benzene rings is 2. The first kappa shape index (κ1) is 35.3. The molecule has 2 heterocycles. The highest BCUT2D eigenvalue weighted by Gasteiger charge is 2.62. The summed E-state index contributed by atoms with van der Waals surface area (Å²) in [5, 5.41) is 56.4. The summed E-state index contributed by atoms with van der Waals surface area (Å²) in [5.74, 6) is -8.15. The van der Waals surface area contributed by atoms with Crippen molar-refractivity contribution < 1.29 is 73.2 Å². The van der Waals surface area contributed by atoms with Crippen LogP contribution in [0.1, 0.15) is 58.6 Å². The SMILES string of the molecule is CC(=O)OC[C@]12Oc3c(-c4ccc(O)c5c4O[C@@]4(CO)C(=C5O)C(=O)C[C@@H](C)[C@H]4OC(C)=O)ccc(O)c3C(O)=C1C(=O)C[C@@H](C)[C@H]2OC(C)=O. The first-order valence-electron chi connectivity index (χ1n) is 16.1. The van der Waals surface area contributed by atoms with Gasteiger partial charge in [-0.05, 0) is 24.3 Å². The van der Waals surface area contributed by atoms with E-state index in [9.17, 15) is 49.5 Å². The molecule has 0 aromatic heterocycles. The van der Waals surface area contributed by atoms with Crippen LogP contribution in [0.3, 0.4) is 0 Å². The molecule has 6 rings (SSSR count). The lowest BCUT2D eigenvalue weighted by molar-refractivity contribution is -0.177. The second-order valence-electron chi connectivity index (χ2n) is 13.3. The quantitative estimate of drug-likeness (QED) is 0.214. The number of esters is 3. The number of aromatic hydroxyl groups is 2. The second kappa shape index (κ2) is 12.3. The van der Waals surface area contributed by atoms with Gasteiger partial charge in [-0.15, -0.1) is 0 Å². The largest absolute Gasteiger partial charge is 0.507 e. The third-order valence-corrected chi connectivity index (χ3v) is 9.76. The van der Waals surface area contributed by atoms with Gasteiger partial charge in [0.2, 0.25) is 11.2 Å². The zero-order chi connectivity index (χ0) is 37.3. The van der Waals surface area contributed by atoms with E-state index in [-0.39, 0.29) is 46.6 Å². The van der Waals surface area contributed by atoms with Crippen molar-refractivity contribution in [2.45, 2.75) is 70.9 Å². The van der Waals surface area contributed by atoms with Gasteiger partial charge in [0.1, 0.15) is 52.3 Å². The highest BCUT2D eigenvalue weighted by atomic mass is 16.6. The summed E-state index contributed by atoms with van der Waals surface area (Å²) < 4.78 is 29.5. The monoisotopic (exact) mass is 708 g/mol. The van der Waals surface area contributed by atoms with Gasteiger partial charge in [0.25, 0.3) is 0 Å². The van der Waals surface area contributed by atoms with Crippen LogP contribution < -0.4 is 9.47 Å². The highest BCUT2D eigenvalue weighted by Crippen LogP contribution is 2.58. The number of phenols is 2. The van der Waals surface area contributed by atoms with Crippen LogP contribution in [0.4, 0.5) is 0 Å².